The Morgan fingerprint density at radius 3 is 2.44 bits per heavy atom. The van der Waals surface area contributed by atoms with Crippen LogP contribution in [0.1, 0.15) is 70.0 Å². The van der Waals surface area contributed by atoms with Gasteiger partial charge in [-0.2, -0.15) is 4.57 Å². The molecule has 2 aromatic rings. The van der Waals surface area contributed by atoms with Crippen molar-refractivity contribution < 1.29 is 9.67 Å². The van der Waals surface area contributed by atoms with Gasteiger partial charge < -0.3 is 10.4 Å². The minimum Gasteiger partial charge on any atom is -0.495 e. The zero-order valence-corrected chi connectivity index (χ0v) is 27.6. The SMILES string of the molecule is C=C/C(C)=N/C(=C)CC1C(CCC(C=C)CNC(=C)O)c2ccccc2-c2cc(CC(C)(C)C)c([Si](C)(C)C)c[n+]21. The van der Waals surface area contributed by atoms with Gasteiger partial charge in [0.05, 0.1) is 14.5 Å². The quantitative estimate of drug-likeness (QED) is 0.0839. The van der Waals surface area contributed by atoms with Gasteiger partial charge in [0.1, 0.15) is 0 Å². The van der Waals surface area contributed by atoms with Gasteiger partial charge in [0, 0.05) is 40.7 Å². The number of benzene rings is 1. The van der Waals surface area contributed by atoms with Crippen LogP contribution in [-0.2, 0) is 6.42 Å². The van der Waals surface area contributed by atoms with E-state index in [1.54, 1.807) is 6.08 Å². The lowest BCUT2D eigenvalue weighted by molar-refractivity contribution is -0.717. The summed E-state index contributed by atoms with van der Waals surface area (Å²) in [7, 11) is -1.65. The predicted molar refractivity (Wildman–Crippen MR) is 180 cm³/mol. The van der Waals surface area contributed by atoms with Crippen molar-refractivity contribution in [2.24, 2.45) is 16.3 Å². The third-order valence-electron chi connectivity index (χ3n) is 8.01. The lowest BCUT2D eigenvalue weighted by Crippen LogP contribution is -2.54. The van der Waals surface area contributed by atoms with Crippen LogP contribution in [0.25, 0.3) is 11.3 Å². The van der Waals surface area contributed by atoms with Crippen molar-refractivity contribution in [3.05, 3.63) is 97.7 Å². The van der Waals surface area contributed by atoms with Crippen molar-refractivity contribution in [3.8, 4) is 11.3 Å². The molecule has 2 heterocycles. The first-order valence-electron chi connectivity index (χ1n) is 14.9. The van der Waals surface area contributed by atoms with Gasteiger partial charge in [-0.05, 0) is 67.4 Å². The number of rotatable bonds is 13. The molecule has 3 unspecified atom stereocenters. The van der Waals surface area contributed by atoms with Gasteiger partial charge in [-0.3, -0.25) is 4.99 Å². The minimum atomic E-state index is -1.65. The van der Waals surface area contributed by atoms with E-state index in [9.17, 15) is 5.11 Å². The molecule has 41 heavy (non-hydrogen) atoms. The minimum absolute atomic E-state index is 0.00101. The van der Waals surface area contributed by atoms with Crippen LogP contribution in [-0.4, -0.2) is 25.4 Å². The summed E-state index contributed by atoms with van der Waals surface area (Å²) in [6.45, 7) is 32.9. The van der Waals surface area contributed by atoms with Gasteiger partial charge >= 0.3 is 0 Å². The van der Waals surface area contributed by atoms with E-state index in [1.807, 2.05) is 13.0 Å². The highest BCUT2D eigenvalue weighted by Crippen LogP contribution is 2.44. The number of hydrogen-bond donors (Lipinski definition) is 2. The van der Waals surface area contributed by atoms with Crippen LogP contribution in [0.5, 0.6) is 0 Å². The fraction of sp³-hybridized carbons (Fsp3) is 0.444. The summed E-state index contributed by atoms with van der Waals surface area (Å²) in [5.74, 6) is 0.496. The van der Waals surface area contributed by atoms with E-state index in [0.717, 1.165) is 37.1 Å². The number of hydrogen-bond acceptors (Lipinski definition) is 3. The zero-order chi connectivity index (χ0) is 30.5. The summed E-state index contributed by atoms with van der Waals surface area (Å²) in [5.41, 5.74) is 7.44. The predicted octanol–water partition coefficient (Wildman–Crippen LogP) is 8.17. The molecule has 4 nitrogen and oxygen atoms in total. The summed E-state index contributed by atoms with van der Waals surface area (Å²) < 4.78 is 2.56. The average Bonchev–Trinajstić information content (AvgIpc) is 2.87. The van der Waals surface area contributed by atoms with E-state index in [-0.39, 0.29) is 29.2 Å². The fourth-order valence-corrected chi connectivity index (χ4v) is 7.71. The second-order valence-electron chi connectivity index (χ2n) is 13.9. The van der Waals surface area contributed by atoms with Crippen molar-refractivity contribution in [1.29, 1.82) is 0 Å². The van der Waals surface area contributed by atoms with Crippen LogP contribution in [0.15, 0.2) is 91.6 Å². The first-order valence-corrected chi connectivity index (χ1v) is 18.4. The molecule has 1 aliphatic heterocycles. The summed E-state index contributed by atoms with van der Waals surface area (Å²) in [4.78, 5) is 4.79. The first kappa shape index (κ1) is 32.3. The Morgan fingerprint density at radius 2 is 1.85 bits per heavy atom. The molecule has 220 valence electrons. The second kappa shape index (κ2) is 13.2. The van der Waals surface area contributed by atoms with Crippen molar-refractivity contribution >= 4 is 19.0 Å². The lowest BCUT2D eigenvalue weighted by Gasteiger charge is -2.34. The summed E-state index contributed by atoms with van der Waals surface area (Å²) in [6, 6.07) is 11.6. The molecule has 1 aliphatic rings. The van der Waals surface area contributed by atoms with E-state index in [1.165, 1.54) is 27.6 Å². The molecule has 0 radical (unpaired) electrons. The fourth-order valence-electron chi connectivity index (χ4n) is 6.06. The van der Waals surface area contributed by atoms with Gasteiger partial charge in [0.15, 0.2) is 18.1 Å². The topological polar surface area (TPSA) is 48.5 Å². The molecule has 0 saturated heterocycles. The monoisotopic (exact) mass is 570 g/mol. The molecule has 0 amide bonds. The zero-order valence-electron chi connectivity index (χ0n) is 26.6. The van der Waals surface area contributed by atoms with Crippen molar-refractivity contribution in [2.75, 3.05) is 6.54 Å². The number of allylic oxidation sites excluding steroid dienone is 2. The highest BCUT2D eigenvalue weighted by molar-refractivity contribution is 6.89. The van der Waals surface area contributed by atoms with E-state index >= 15 is 0 Å². The standard InChI is InChI=1S/C36H51N3OSi/c1-12-25(3)38-26(4)20-33-32(19-18-28(13-2)23-37-27(5)40)30-16-14-15-17-31(30)34-21-29(22-36(6,7)8)35(24-39(33)34)41(9,10)11/h12-17,21,24,28,32-33,37H,1-2,4-5,18-20,22-23H2,3,6-11H3/p+1/b38-25+. The smallest absolute Gasteiger partial charge is 0.213 e. The molecule has 0 bridgehead atoms. The summed E-state index contributed by atoms with van der Waals surface area (Å²) in [5, 5.41) is 14.1. The summed E-state index contributed by atoms with van der Waals surface area (Å²) in [6.07, 6.45) is 10.0. The van der Waals surface area contributed by atoms with Crippen molar-refractivity contribution in [2.45, 2.75) is 85.0 Å². The third-order valence-corrected chi connectivity index (χ3v) is 10.1. The van der Waals surface area contributed by atoms with Crippen LogP contribution in [0, 0.1) is 11.3 Å². The molecule has 3 atom stereocenters. The van der Waals surface area contributed by atoms with Crippen LogP contribution in [0.4, 0.5) is 0 Å². The van der Waals surface area contributed by atoms with Gasteiger partial charge in [0.2, 0.25) is 5.69 Å². The molecule has 5 heteroatoms. The highest BCUT2D eigenvalue weighted by atomic mass is 28.3. The Labute approximate surface area is 250 Å². The molecule has 1 aromatic heterocycles. The van der Waals surface area contributed by atoms with Crippen molar-refractivity contribution in [3.63, 3.8) is 0 Å². The van der Waals surface area contributed by atoms with E-state index in [2.05, 4.69) is 113 Å². The number of pyridine rings is 1. The number of fused-ring (bicyclic) bond motifs is 3. The third kappa shape index (κ3) is 8.42. The Kier molecular flexibility index (Phi) is 10.4. The molecule has 0 fully saturated rings. The molecule has 2 N–H and O–H groups in total. The average molecular weight is 571 g/mol. The molecule has 0 saturated carbocycles. The van der Waals surface area contributed by atoms with E-state index in [0.29, 0.717) is 6.54 Å². The molecule has 0 spiro atoms. The van der Waals surface area contributed by atoms with Crippen molar-refractivity contribution in [1.82, 2.24) is 5.32 Å². The maximum absolute atomic E-state index is 9.60. The van der Waals surface area contributed by atoms with Crippen LogP contribution in [0.3, 0.4) is 0 Å². The number of nitrogens with one attached hydrogen (secondary N) is 1. The van der Waals surface area contributed by atoms with Gasteiger partial charge in [-0.15, -0.1) is 6.58 Å². The second-order valence-corrected chi connectivity index (χ2v) is 18.9. The van der Waals surface area contributed by atoms with Gasteiger partial charge in [-0.25, -0.2) is 0 Å². The Bertz CT molecular complexity index is 1330. The molecule has 3 rings (SSSR count). The van der Waals surface area contributed by atoms with E-state index < -0.39 is 8.07 Å². The largest absolute Gasteiger partial charge is 0.495 e. The van der Waals surface area contributed by atoms with Crippen LogP contribution < -0.4 is 15.1 Å². The Balaban J connectivity index is 2.20. The maximum atomic E-state index is 9.60. The number of aliphatic hydroxyl groups excluding tert-OH is 1. The van der Waals surface area contributed by atoms with Gasteiger partial charge in [-0.1, -0.05) is 77.8 Å². The molecule has 0 aliphatic carbocycles. The van der Waals surface area contributed by atoms with Crippen LogP contribution >= 0.6 is 0 Å². The summed E-state index contributed by atoms with van der Waals surface area (Å²) >= 11 is 0. The molecule has 1 aromatic carbocycles. The molecular formula is C36H52N3OSi+. The normalized spacial score (nSPS) is 17.7. The molecular weight excluding hydrogens is 519 g/mol. The Hall–Kier alpha value is -3.18. The lowest BCUT2D eigenvalue weighted by atomic mass is 9.77. The number of aromatic nitrogens is 1. The number of aliphatic hydroxyl groups is 1. The number of nitrogens with zero attached hydrogens (tertiary/aromatic N) is 2. The van der Waals surface area contributed by atoms with E-state index in [4.69, 9.17) is 4.99 Å². The number of aliphatic imine (C=N–C) groups is 1. The first-order chi connectivity index (χ1) is 19.1. The van der Waals surface area contributed by atoms with Crippen LogP contribution in [0.2, 0.25) is 19.6 Å². The Morgan fingerprint density at radius 1 is 1.17 bits per heavy atom. The highest BCUT2D eigenvalue weighted by Gasteiger charge is 2.42. The maximum Gasteiger partial charge on any atom is 0.213 e. The van der Waals surface area contributed by atoms with Gasteiger partial charge in [0.25, 0.3) is 0 Å².